The van der Waals surface area contributed by atoms with E-state index < -0.39 is 10.8 Å². The normalized spacial score (nSPS) is 10.6. The van der Waals surface area contributed by atoms with Crippen molar-refractivity contribution in [3.05, 3.63) is 62.7 Å². The molecule has 2 rings (SSSR count). The van der Waals surface area contributed by atoms with E-state index in [4.69, 9.17) is 21.1 Å². The molecule has 0 aliphatic carbocycles. The third-order valence-corrected chi connectivity index (χ3v) is 3.70. The number of benzene rings is 2. The van der Waals surface area contributed by atoms with Crippen molar-refractivity contribution in [2.75, 3.05) is 13.7 Å². The quantitative estimate of drug-likeness (QED) is 0.418. The van der Waals surface area contributed by atoms with Gasteiger partial charge in [-0.25, -0.2) is 5.43 Å². The molecule has 1 N–H and O–H groups in total. The molecule has 0 atom stereocenters. The fourth-order valence-corrected chi connectivity index (χ4v) is 2.40. The smallest absolute Gasteiger partial charge is 0.271 e. The number of amides is 1. The van der Waals surface area contributed by atoms with E-state index in [-0.39, 0.29) is 11.3 Å². The van der Waals surface area contributed by atoms with E-state index in [1.807, 2.05) is 6.92 Å². The number of non-ortho nitro benzene ring substituents is 1. The highest BCUT2D eigenvalue weighted by Gasteiger charge is 2.12. The summed E-state index contributed by atoms with van der Waals surface area (Å²) in [7, 11) is 1.50. The van der Waals surface area contributed by atoms with Crippen LogP contribution in [0.25, 0.3) is 0 Å². The van der Waals surface area contributed by atoms with E-state index >= 15 is 0 Å². The number of rotatable bonds is 8. The monoisotopic (exact) mass is 391 g/mol. The standard InChI is InChI=1S/C18H18ClN3O5/c1-3-8-27-17-15(19)9-12(10-16(17)26-2)11-20-21-18(23)13-4-6-14(7-5-13)22(24)25/h4-7,9-11H,3,8H2,1-2H3,(H,21,23)/b20-11-. The molecule has 0 spiro atoms. The lowest BCUT2D eigenvalue weighted by Crippen LogP contribution is -2.17. The Morgan fingerprint density at radius 2 is 2.04 bits per heavy atom. The van der Waals surface area contributed by atoms with Gasteiger partial charge in [-0.1, -0.05) is 18.5 Å². The van der Waals surface area contributed by atoms with E-state index in [1.165, 1.54) is 37.6 Å². The third-order valence-electron chi connectivity index (χ3n) is 3.42. The van der Waals surface area contributed by atoms with Crippen LogP contribution in [0, 0.1) is 10.1 Å². The van der Waals surface area contributed by atoms with Crippen LogP contribution in [0.15, 0.2) is 41.5 Å². The molecule has 0 unspecified atom stereocenters. The van der Waals surface area contributed by atoms with Crippen LogP contribution in [0.1, 0.15) is 29.3 Å². The Kier molecular flexibility index (Phi) is 7.13. The number of carbonyl (C=O) groups excluding carboxylic acids is 1. The van der Waals surface area contributed by atoms with Gasteiger partial charge in [0.2, 0.25) is 0 Å². The molecule has 0 saturated heterocycles. The van der Waals surface area contributed by atoms with E-state index in [0.717, 1.165) is 6.42 Å². The Labute approximate surface area is 160 Å². The molecule has 0 heterocycles. The zero-order valence-corrected chi connectivity index (χ0v) is 15.5. The molecule has 1 amide bonds. The highest BCUT2D eigenvalue weighted by Crippen LogP contribution is 2.36. The Balaban J connectivity index is 2.07. The maximum atomic E-state index is 12.0. The minimum Gasteiger partial charge on any atom is -0.493 e. The number of hydrogen-bond donors (Lipinski definition) is 1. The molecule has 2 aromatic carbocycles. The van der Waals surface area contributed by atoms with Gasteiger partial charge in [0.15, 0.2) is 11.5 Å². The maximum absolute atomic E-state index is 12.0. The second-order valence-corrected chi connectivity index (χ2v) is 5.79. The molecule has 0 aliphatic rings. The highest BCUT2D eigenvalue weighted by atomic mass is 35.5. The second kappa shape index (κ2) is 9.54. The molecule has 0 aromatic heterocycles. The average Bonchev–Trinajstić information content (AvgIpc) is 2.66. The Morgan fingerprint density at radius 3 is 2.63 bits per heavy atom. The summed E-state index contributed by atoms with van der Waals surface area (Å²) in [4.78, 5) is 22.1. The Hall–Kier alpha value is -3.13. The van der Waals surface area contributed by atoms with Crippen LogP contribution in [0.3, 0.4) is 0 Å². The van der Waals surface area contributed by atoms with Gasteiger partial charge in [-0.05, 0) is 36.2 Å². The van der Waals surface area contributed by atoms with Crippen molar-refractivity contribution in [3.8, 4) is 11.5 Å². The van der Waals surface area contributed by atoms with Gasteiger partial charge in [0.05, 0.1) is 29.9 Å². The van der Waals surface area contributed by atoms with Gasteiger partial charge in [0, 0.05) is 17.7 Å². The molecule has 0 bridgehead atoms. The lowest BCUT2D eigenvalue weighted by molar-refractivity contribution is -0.384. The van der Waals surface area contributed by atoms with Crippen LogP contribution in [0.4, 0.5) is 5.69 Å². The summed E-state index contributed by atoms with van der Waals surface area (Å²) in [5, 5.41) is 14.9. The number of halogens is 1. The van der Waals surface area contributed by atoms with Crippen molar-refractivity contribution in [3.63, 3.8) is 0 Å². The van der Waals surface area contributed by atoms with Gasteiger partial charge in [0.25, 0.3) is 11.6 Å². The Bertz CT molecular complexity index is 853. The molecular weight excluding hydrogens is 374 g/mol. The zero-order valence-electron chi connectivity index (χ0n) is 14.8. The van der Waals surface area contributed by atoms with Crippen molar-refractivity contribution in [1.82, 2.24) is 5.43 Å². The lowest BCUT2D eigenvalue weighted by Gasteiger charge is -2.12. The zero-order chi connectivity index (χ0) is 19.8. The van der Waals surface area contributed by atoms with Gasteiger partial charge in [-0.3, -0.25) is 14.9 Å². The van der Waals surface area contributed by atoms with Crippen molar-refractivity contribution in [2.45, 2.75) is 13.3 Å². The van der Waals surface area contributed by atoms with Crippen LogP contribution in [-0.2, 0) is 0 Å². The molecule has 142 valence electrons. The highest BCUT2D eigenvalue weighted by molar-refractivity contribution is 6.32. The van der Waals surface area contributed by atoms with Crippen LogP contribution < -0.4 is 14.9 Å². The summed E-state index contributed by atoms with van der Waals surface area (Å²) >= 11 is 6.22. The van der Waals surface area contributed by atoms with Crippen LogP contribution in [0.2, 0.25) is 5.02 Å². The van der Waals surface area contributed by atoms with E-state index in [9.17, 15) is 14.9 Å². The van der Waals surface area contributed by atoms with Gasteiger partial charge >= 0.3 is 0 Å². The first-order chi connectivity index (χ1) is 13.0. The fourth-order valence-electron chi connectivity index (χ4n) is 2.12. The van der Waals surface area contributed by atoms with Gasteiger partial charge in [-0.2, -0.15) is 5.10 Å². The first-order valence-corrected chi connectivity index (χ1v) is 8.42. The fraction of sp³-hybridized carbons (Fsp3) is 0.222. The number of carbonyl (C=O) groups is 1. The summed E-state index contributed by atoms with van der Waals surface area (Å²) in [5.74, 6) is 0.411. The predicted octanol–water partition coefficient (Wildman–Crippen LogP) is 3.81. The van der Waals surface area contributed by atoms with E-state index in [1.54, 1.807) is 12.1 Å². The summed E-state index contributed by atoms with van der Waals surface area (Å²) in [6.45, 7) is 2.49. The van der Waals surface area contributed by atoms with Crippen LogP contribution >= 0.6 is 11.6 Å². The number of nitro benzene ring substituents is 1. The first kappa shape index (κ1) is 20.2. The SMILES string of the molecule is CCCOc1c(Cl)cc(/C=N\NC(=O)c2ccc([N+](=O)[O-])cc2)cc1OC. The number of hydrogen-bond acceptors (Lipinski definition) is 6. The molecule has 9 heteroatoms. The summed E-state index contributed by atoms with van der Waals surface area (Å²) < 4.78 is 10.8. The molecule has 0 saturated carbocycles. The largest absolute Gasteiger partial charge is 0.493 e. The summed E-state index contributed by atoms with van der Waals surface area (Å²) in [6.07, 6.45) is 2.23. The molecule has 0 fully saturated rings. The number of ether oxygens (including phenoxy) is 2. The summed E-state index contributed by atoms with van der Waals surface area (Å²) in [6, 6.07) is 8.51. The Morgan fingerprint density at radius 1 is 1.33 bits per heavy atom. The molecule has 0 aliphatic heterocycles. The van der Waals surface area contributed by atoms with E-state index in [0.29, 0.717) is 28.7 Å². The van der Waals surface area contributed by atoms with Crippen molar-refractivity contribution >= 4 is 29.4 Å². The minimum absolute atomic E-state index is 0.0952. The van der Waals surface area contributed by atoms with Gasteiger partial charge in [-0.15, -0.1) is 0 Å². The van der Waals surface area contributed by atoms with Gasteiger partial charge in [0.1, 0.15) is 0 Å². The molecule has 2 aromatic rings. The van der Waals surface area contributed by atoms with E-state index in [2.05, 4.69) is 10.5 Å². The first-order valence-electron chi connectivity index (χ1n) is 8.04. The van der Waals surface area contributed by atoms with Crippen LogP contribution in [0.5, 0.6) is 11.5 Å². The van der Waals surface area contributed by atoms with Crippen molar-refractivity contribution < 1.29 is 19.2 Å². The molecule has 8 nitrogen and oxygen atoms in total. The predicted molar refractivity (Wildman–Crippen MR) is 102 cm³/mol. The van der Waals surface area contributed by atoms with Crippen molar-refractivity contribution in [2.24, 2.45) is 5.10 Å². The van der Waals surface area contributed by atoms with Crippen LogP contribution in [-0.4, -0.2) is 30.8 Å². The molecule has 27 heavy (non-hydrogen) atoms. The minimum atomic E-state index is -0.537. The molecule has 0 radical (unpaired) electrons. The number of hydrazone groups is 1. The lowest BCUT2D eigenvalue weighted by atomic mass is 10.2. The molecular formula is C18H18ClN3O5. The average molecular weight is 392 g/mol. The van der Waals surface area contributed by atoms with Gasteiger partial charge < -0.3 is 9.47 Å². The summed E-state index contributed by atoms with van der Waals surface area (Å²) in [5.41, 5.74) is 3.10. The second-order valence-electron chi connectivity index (χ2n) is 5.39. The number of nitro groups is 1. The number of methoxy groups -OCH3 is 1. The maximum Gasteiger partial charge on any atom is 0.271 e. The third kappa shape index (κ3) is 5.42. The number of nitrogens with zero attached hydrogens (tertiary/aromatic N) is 2. The number of nitrogens with one attached hydrogen (secondary N) is 1. The topological polar surface area (TPSA) is 103 Å². The van der Waals surface area contributed by atoms with Crippen molar-refractivity contribution in [1.29, 1.82) is 0 Å².